The van der Waals surface area contributed by atoms with Gasteiger partial charge in [-0.05, 0) is 80.0 Å². The molecule has 112 valence electrons. The number of carbonyl (C=O) groups excluding carboxylic acids is 1. The minimum atomic E-state index is -0.0564. The average molecular weight is 276 g/mol. The molecule has 4 aliphatic rings. The molecule has 20 heavy (non-hydrogen) atoms. The van der Waals surface area contributed by atoms with Gasteiger partial charge in [-0.25, -0.2) is 0 Å². The van der Waals surface area contributed by atoms with Gasteiger partial charge in [-0.1, -0.05) is 6.92 Å². The van der Waals surface area contributed by atoms with Crippen molar-refractivity contribution in [1.29, 1.82) is 0 Å². The monoisotopic (exact) mass is 276 g/mol. The van der Waals surface area contributed by atoms with Gasteiger partial charge >= 0.3 is 0 Å². The maximum Gasteiger partial charge on any atom is 0.133 e. The molecule has 0 radical (unpaired) electrons. The van der Waals surface area contributed by atoms with Crippen LogP contribution in [0, 0.1) is 35.0 Å². The molecule has 0 spiro atoms. The minimum absolute atomic E-state index is 0.0564. The van der Waals surface area contributed by atoms with Crippen molar-refractivity contribution in [2.24, 2.45) is 35.0 Å². The summed E-state index contributed by atoms with van der Waals surface area (Å²) in [5, 5.41) is 10.4. The lowest BCUT2D eigenvalue weighted by Gasteiger charge is -2.55. The van der Waals surface area contributed by atoms with Crippen LogP contribution >= 0.6 is 0 Å². The van der Waals surface area contributed by atoms with Gasteiger partial charge in [0.1, 0.15) is 5.78 Å². The van der Waals surface area contributed by atoms with Crippen molar-refractivity contribution < 1.29 is 9.90 Å². The zero-order valence-corrected chi connectivity index (χ0v) is 12.7. The van der Waals surface area contributed by atoms with Gasteiger partial charge < -0.3 is 5.11 Å². The molecule has 0 aliphatic heterocycles. The summed E-state index contributed by atoms with van der Waals surface area (Å²) in [4.78, 5) is 11.7. The number of ketones is 1. The summed E-state index contributed by atoms with van der Waals surface area (Å²) in [6, 6.07) is 0. The van der Waals surface area contributed by atoms with E-state index >= 15 is 0 Å². The summed E-state index contributed by atoms with van der Waals surface area (Å²) < 4.78 is 0. The normalized spacial score (nSPS) is 55.0. The zero-order valence-electron chi connectivity index (χ0n) is 12.7. The van der Waals surface area contributed by atoms with E-state index in [1.54, 1.807) is 0 Å². The molecule has 2 heteroatoms. The molecule has 2 nitrogen and oxygen atoms in total. The van der Waals surface area contributed by atoms with Crippen LogP contribution in [0.5, 0.6) is 0 Å². The summed E-state index contributed by atoms with van der Waals surface area (Å²) in [5.41, 5.74) is 0.207. The lowest BCUT2D eigenvalue weighted by atomic mass is 9.50. The largest absolute Gasteiger partial charge is 0.393 e. The second-order valence-electron chi connectivity index (χ2n) is 8.35. The van der Waals surface area contributed by atoms with Gasteiger partial charge in [0.2, 0.25) is 0 Å². The Balaban J connectivity index is 1.58. The Kier molecular flexibility index (Phi) is 3.03. The number of rotatable bonds is 0. The average Bonchev–Trinajstić information content (AvgIpc) is 2.74. The molecule has 0 aromatic rings. The molecular formula is C18H28O2. The fourth-order valence-electron chi connectivity index (χ4n) is 6.63. The van der Waals surface area contributed by atoms with Crippen LogP contribution in [-0.2, 0) is 4.79 Å². The fraction of sp³-hybridized carbons (Fsp3) is 0.944. The van der Waals surface area contributed by atoms with Gasteiger partial charge in [0.05, 0.1) is 6.10 Å². The molecule has 4 rings (SSSR count). The number of aliphatic hydroxyl groups excluding tert-OH is 1. The molecule has 4 fully saturated rings. The number of fused-ring (bicyclic) bond motifs is 5. The quantitative estimate of drug-likeness (QED) is 0.734. The highest BCUT2D eigenvalue weighted by molar-refractivity contribution is 5.79. The maximum absolute atomic E-state index is 11.7. The second-order valence-corrected chi connectivity index (χ2v) is 8.35. The molecular weight excluding hydrogens is 248 g/mol. The summed E-state index contributed by atoms with van der Waals surface area (Å²) in [7, 11) is 0. The van der Waals surface area contributed by atoms with Crippen molar-refractivity contribution >= 4 is 5.78 Å². The number of aliphatic hydroxyl groups is 1. The molecule has 2 unspecified atom stereocenters. The first kappa shape index (κ1) is 13.3. The second kappa shape index (κ2) is 4.56. The van der Waals surface area contributed by atoms with Crippen LogP contribution in [0.15, 0.2) is 0 Å². The van der Waals surface area contributed by atoms with Crippen LogP contribution in [0.4, 0.5) is 0 Å². The van der Waals surface area contributed by atoms with Crippen molar-refractivity contribution in [2.75, 3.05) is 0 Å². The maximum atomic E-state index is 11.7. The molecule has 4 saturated carbocycles. The highest BCUT2D eigenvalue weighted by atomic mass is 16.3. The number of carbonyl (C=O) groups is 1. The summed E-state index contributed by atoms with van der Waals surface area (Å²) in [6.45, 7) is 2.35. The molecule has 4 aliphatic carbocycles. The van der Waals surface area contributed by atoms with Crippen LogP contribution in [0.2, 0.25) is 0 Å². The first-order chi connectivity index (χ1) is 9.59. The Labute approximate surface area is 122 Å². The Hall–Kier alpha value is -0.370. The fourth-order valence-corrected chi connectivity index (χ4v) is 6.63. The van der Waals surface area contributed by atoms with Crippen molar-refractivity contribution in [2.45, 2.75) is 70.8 Å². The Bertz CT molecular complexity index is 418. The van der Waals surface area contributed by atoms with E-state index in [2.05, 4.69) is 6.92 Å². The topological polar surface area (TPSA) is 37.3 Å². The van der Waals surface area contributed by atoms with Gasteiger partial charge in [-0.3, -0.25) is 4.79 Å². The predicted octanol–water partition coefficient (Wildman–Crippen LogP) is 3.57. The smallest absolute Gasteiger partial charge is 0.133 e. The minimum Gasteiger partial charge on any atom is -0.393 e. The Morgan fingerprint density at radius 1 is 1.00 bits per heavy atom. The molecule has 0 amide bonds. The third-order valence-corrected chi connectivity index (χ3v) is 7.72. The van der Waals surface area contributed by atoms with E-state index in [1.807, 2.05) is 0 Å². The number of hydrogen-bond acceptors (Lipinski definition) is 2. The molecule has 0 bridgehead atoms. The van der Waals surface area contributed by atoms with Crippen LogP contribution in [0.1, 0.15) is 64.7 Å². The van der Waals surface area contributed by atoms with E-state index in [-0.39, 0.29) is 11.5 Å². The van der Waals surface area contributed by atoms with Crippen molar-refractivity contribution in [3.05, 3.63) is 0 Å². The van der Waals surface area contributed by atoms with Gasteiger partial charge in [0, 0.05) is 12.8 Å². The first-order valence-corrected chi connectivity index (χ1v) is 8.79. The third kappa shape index (κ3) is 1.76. The highest BCUT2D eigenvalue weighted by Gasteiger charge is 2.56. The van der Waals surface area contributed by atoms with E-state index in [0.717, 1.165) is 49.4 Å². The molecule has 0 aromatic carbocycles. The van der Waals surface area contributed by atoms with Gasteiger partial charge in [0.15, 0.2) is 0 Å². The van der Waals surface area contributed by atoms with Gasteiger partial charge in [-0.2, -0.15) is 0 Å². The molecule has 0 saturated heterocycles. The third-order valence-electron chi connectivity index (χ3n) is 7.72. The molecule has 1 N–H and O–H groups in total. The summed E-state index contributed by atoms with van der Waals surface area (Å²) in [6.07, 6.45) is 10.2. The first-order valence-electron chi connectivity index (χ1n) is 8.79. The SMILES string of the molecule is C[C@]12CC[C@H]3[C@@H](CCC4CC(=O)CC[C@@H]43)[C@@H]1CCC2O. The lowest BCUT2D eigenvalue weighted by molar-refractivity contribution is -0.128. The van der Waals surface area contributed by atoms with E-state index in [9.17, 15) is 9.90 Å². The van der Waals surface area contributed by atoms with E-state index in [4.69, 9.17) is 0 Å². The van der Waals surface area contributed by atoms with Crippen molar-refractivity contribution in [3.8, 4) is 0 Å². The van der Waals surface area contributed by atoms with E-state index in [0.29, 0.717) is 11.7 Å². The van der Waals surface area contributed by atoms with Crippen LogP contribution in [-0.4, -0.2) is 17.0 Å². The molecule has 0 aromatic heterocycles. The predicted molar refractivity (Wildman–Crippen MR) is 78.1 cm³/mol. The zero-order chi connectivity index (χ0) is 13.9. The van der Waals surface area contributed by atoms with Crippen molar-refractivity contribution in [3.63, 3.8) is 0 Å². The molecule has 7 atom stereocenters. The number of hydrogen-bond donors (Lipinski definition) is 1. The van der Waals surface area contributed by atoms with Gasteiger partial charge in [-0.15, -0.1) is 0 Å². The van der Waals surface area contributed by atoms with Gasteiger partial charge in [0.25, 0.3) is 0 Å². The standard InChI is InChI=1S/C18H28O2/c1-18-9-8-14-13-5-3-12(19)10-11(13)2-4-15(14)16(18)6-7-17(18)20/h11,13-17,20H,2-10H2,1H3/t11?,13-,14+,15+,16-,17?,18-/m0/s1. The highest BCUT2D eigenvalue weighted by Crippen LogP contribution is 2.62. The van der Waals surface area contributed by atoms with Crippen LogP contribution in [0.25, 0.3) is 0 Å². The molecule has 0 heterocycles. The van der Waals surface area contributed by atoms with E-state index in [1.165, 1.54) is 32.1 Å². The summed E-state index contributed by atoms with van der Waals surface area (Å²) in [5.74, 6) is 4.52. The van der Waals surface area contributed by atoms with E-state index < -0.39 is 0 Å². The number of Topliss-reactive ketones (excluding diaryl/α,β-unsaturated/α-hetero) is 1. The van der Waals surface area contributed by atoms with Crippen LogP contribution in [0.3, 0.4) is 0 Å². The summed E-state index contributed by atoms with van der Waals surface area (Å²) >= 11 is 0. The van der Waals surface area contributed by atoms with Crippen LogP contribution < -0.4 is 0 Å². The lowest BCUT2D eigenvalue weighted by Crippen LogP contribution is -2.49. The van der Waals surface area contributed by atoms with Crippen molar-refractivity contribution in [1.82, 2.24) is 0 Å². The Morgan fingerprint density at radius 3 is 2.70 bits per heavy atom. The Morgan fingerprint density at radius 2 is 1.85 bits per heavy atom.